The van der Waals surface area contributed by atoms with Crippen LogP contribution < -0.4 is 5.73 Å². The maximum absolute atomic E-state index is 12.5. The van der Waals surface area contributed by atoms with Gasteiger partial charge in [-0.2, -0.15) is 0 Å². The van der Waals surface area contributed by atoms with Crippen LogP contribution in [0.25, 0.3) is 0 Å². The number of rotatable bonds is 2. The molecule has 1 fully saturated rings. The van der Waals surface area contributed by atoms with Crippen LogP contribution in [0.15, 0.2) is 24.3 Å². The summed E-state index contributed by atoms with van der Waals surface area (Å²) >= 11 is 4.92. The lowest BCUT2D eigenvalue weighted by molar-refractivity contribution is 0.0757. The van der Waals surface area contributed by atoms with Crippen LogP contribution in [0.1, 0.15) is 49.0 Å². The van der Waals surface area contributed by atoms with E-state index in [1.54, 1.807) is 0 Å². The molecule has 0 bridgehead atoms. The fourth-order valence-electron chi connectivity index (χ4n) is 2.59. The summed E-state index contributed by atoms with van der Waals surface area (Å²) in [6.45, 7) is 6.23. The Morgan fingerprint density at radius 1 is 1.15 bits per heavy atom. The summed E-state index contributed by atoms with van der Waals surface area (Å²) in [6.07, 6.45) is 3.31. The molecule has 3 nitrogen and oxygen atoms in total. The van der Waals surface area contributed by atoms with Crippen LogP contribution in [-0.2, 0) is 0 Å². The number of carbonyl (C=O) groups excluding carboxylic acids is 1. The van der Waals surface area contributed by atoms with E-state index in [4.69, 9.17) is 18.0 Å². The van der Waals surface area contributed by atoms with Crippen LogP contribution >= 0.6 is 12.2 Å². The minimum Gasteiger partial charge on any atom is -0.389 e. The van der Waals surface area contributed by atoms with E-state index in [1.165, 1.54) is 6.42 Å². The third kappa shape index (κ3) is 3.57. The number of amides is 1. The Balaban J connectivity index is 2.09. The Morgan fingerprint density at radius 3 is 2.35 bits per heavy atom. The number of hydrogen-bond donors (Lipinski definition) is 1. The lowest BCUT2D eigenvalue weighted by atomic mass is 9.85. The summed E-state index contributed by atoms with van der Waals surface area (Å²) in [7, 11) is 0. The average Bonchev–Trinajstić information content (AvgIpc) is 2.59. The Morgan fingerprint density at radius 2 is 1.75 bits per heavy atom. The van der Waals surface area contributed by atoms with Crippen LogP contribution in [0.3, 0.4) is 0 Å². The first-order chi connectivity index (χ1) is 9.39. The molecule has 1 heterocycles. The Labute approximate surface area is 126 Å². The molecule has 20 heavy (non-hydrogen) atoms. The van der Waals surface area contributed by atoms with Crippen LogP contribution in [0.4, 0.5) is 0 Å². The molecule has 0 aliphatic carbocycles. The fraction of sp³-hybridized carbons (Fsp3) is 0.500. The van der Waals surface area contributed by atoms with Crippen molar-refractivity contribution in [2.24, 2.45) is 11.1 Å². The monoisotopic (exact) mass is 290 g/mol. The van der Waals surface area contributed by atoms with Gasteiger partial charge in [0.2, 0.25) is 0 Å². The second kappa shape index (κ2) is 5.92. The number of hydrogen-bond acceptors (Lipinski definition) is 2. The highest BCUT2D eigenvalue weighted by Crippen LogP contribution is 2.30. The molecule has 1 aliphatic heterocycles. The van der Waals surface area contributed by atoms with Gasteiger partial charge in [-0.05, 0) is 36.8 Å². The number of thiocarbonyl (C=S) groups is 1. The van der Waals surface area contributed by atoms with Crippen molar-refractivity contribution in [1.82, 2.24) is 4.90 Å². The normalized spacial score (nSPS) is 18.4. The van der Waals surface area contributed by atoms with Gasteiger partial charge in [-0.1, -0.05) is 38.2 Å². The van der Waals surface area contributed by atoms with Crippen molar-refractivity contribution in [1.29, 1.82) is 0 Å². The molecule has 1 aromatic rings. The Bertz CT molecular complexity index is 508. The van der Waals surface area contributed by atoms with Gasteiger partial charge < -0.3 is 10.6 Å². The van der Waals surface area contributed by atoms with Gasteiger partial charge in [0.05, 0.1) is 0 Å². The van der Waals surface area contributed by atoms with Gasteiger partial charge >= 0.3 is 0 Å². The Kier molecular flexibility index (Phi) is 4.43. The van der Waals surface area contributed by atoms with E-state index in [1.807, 2.05) is 29.2 Å². The molecule has 1 aromatic carbocycles. The second-order valence-corrected chi connectivity index (χ2v) is 6.69. The molecular weight excluding hydrogens is 268 g/mol. The summed E-state index contributed by atoms with van der Waals surface area (Å²) in [5.41, 5.74) is 7.42. The highest BCUT2D eigenvalue weighted by Gasteiger charge is 2.25. The molecule has 0 aromatic heterocycles. The molecular formula is C16H22N2OS. The van der Waals surface area contributed by atoms with Crippen molar-refractivity contribution < 1.29 is 4.79 Å². The van der Waals surface area contributed by atoms with Crippen LogP contribution in [0.2, 0.25) is 0 Å². The number of nitrogens with two attached hydrogens (primary N) is 1. The number of benzene rings is 1. The number of likely N-dealkylation sites (tertiary alicyclic amines) is 1. The minimum atomic E-state index is 0.109. The zero-order valence-electron chi connectivity index (χ0n) is 12.2. The molecule has 1 aliphatic rings. The summed E-state index contributed by atoms with van der Waals surface area (Å²) in [6, 6.07) is 7.26. The summed E-state index contributed by atoms with van der Waals surface area (Å²) < 4.78 is 0. The zero-order valence-corrected chi connectivity index (χ0v) is 13.0. The maximum atomic E-state index is 12.5. The highest BCUT2D eigenvalue weighted by molar-refractivity contribution is 7.80. The lowest BCUT2D eigenvalue weighted by Crippen LogP contribution is -2.32. The van der Waals surface area contributed by atoms with Gasteiger partial charge in [0, 0.05) is 24.2 Å². The topological polar surface area (TPSA) is 46.3 Å². The molecule has 2 N–H and O–H groups in total. The standard InChI is InChI=1S/C16H22N2OS/c1-16(2)8-3-10-18(11-9-16)15(19)13-6-4-12(5-7-13)14(17)20/h4-7H,3,8-11H2,1-2H3,(H2,17,20). The van der Waals surface area contributed by atoms with Gasteiger partial charge in [-0.3, -0.25) is 4.79 Å². The average molecular weight is 290 g/mol. The first kappa shape index (κ1) is 15.0. The first-order valence-corrected chi connectivity index (χ1v) is 7.49. The SMILES string of the molecule is CC1(C)CCCN(C(=O)c2ccc(C(N)=S)cc2)CC1. The minimum absolute atomic E-state index is 0.109. The Hall–Kier alpha value is -1.42. The molecule has 108 valence electrons. The van der Waals surface area contributed by atoms with Crippen LogP contribution in [-0.4, -0.2) is 28.9 Å². The van der Waals surface area contributed by atoms with Crippen molar-refractivity contribution in [3.8, 4) is 0 Å². The van der Waals surface area contributed by atoms with E-state index in [9.17, 15) is 4.79 Å². The third-order valence-corrected chi connectivity index (χ3v) is 4.28. The maximum Gasteiger partial charge on any atom is 0.253 e. The summed E-state index contributed by atoms with van der Waals surface area (Å²) in [5, 5.41) is 0. The van der Waals surface area contributed by atoms with Gasteiger partial charge in [0.1, 0.15) is 4.99 Å². The van der Waals surface area contributed by atoms with E-state index in [0.29, 0.717) is 16.0 Å². The van der Waals surface area contributed by atoms with Crippen LogP contribution in [0.5, 0.6) is 0 Å². The molecule has 1 saturated heterocycles. The van der Waals surface area contributed by atoms with E-state index < -0.39 is 0 Å². The molecule has 0 spiro atoms. The second-order valence-electron chi connectivity index (χ2n) is 6.25. The largest absolute Gasteiger partial charge is 0.389 e. The van der Waals surface area contributed by atoms with E-state index in [2.05, 4.69) is 13.8 Å². The third-order valence-electron chi connectivity index (χ3n) is 4.04. The first-order valence-electron chi connectivity index (χ1n) is 7.08. The van der Waals surface area contributed by atoms with Crippen molar-refractivity contribution in [2.75, 3.05) is 13.1 Å². The highest BCUT2D eigenvalue weighted by atomic mass is 32.1. The van der Waals surface area contributed by atoms with Crippen molar-refractivity contribution in [2.45, 2.75) is 33.1 Å². The molecule has 0 atom stereocenters. The number of nitrogens with zero attached hydrogens (tertiary/aromatic N) is 1. The van der Waals surface area contributed by atoms with Gasteiger partial charge in [-0.25, -0.2) is 0 Å². The van der Waals surface area contributed by atoms with E-state index in [-0.39, 0.29) is 5.91 Å². The lowest BCUT2D eigenvalue weighted by Gasteiger charge is -2.23. The zero-order chi connectivity index (χ0) is 14.8. The van der Waals surface area contributed by atoms with E-state index >= 15 is 0 Å². The molecule has 0 unspecified atom stereocenters. The summed E-state index contributed by atoms with van der Waals surface area (Å²) in [5.74, 6) is 0.109. The quantitative estimate of drug-likeness (QED) is 0.852. The van der Waals surface area contributed by atoms with Crippen molar-refractivity contribution in [3.05, 3.63) is 35.4 Å². The van der Waals surface area contributed by atoms with Gasteiger partial charge in [0.25, 0.3) is 5.91 Å². The predicted octanol–water partition coefficient (Wildman–Crippen LogP) is 2.97. The molecule has 4 heteroatoms. The van der Waals surface area contributed by atoms with Crippen molar-refractivity contribution >= 4 is 23.1 Å². The molecule has 2 rings (SSSR count). The van der Waals surface area contributed by atoms with Gasteiger partial charge in [-0.15, -0.1) is 0 Å². The molecule has 0 radical (unpaired) electrons. The van der Waals surface area contributed by atoms with Crippen LogP contribution in [0, 0.1) is 5.41 Å². The smallest absolute Gasteiger partial charge is 0.253 e. The summed E-state index contributed by atoms with van der Waals surface area (Å²) in [4.78, 5) is 14.8. The number of carbonyl (C=O) groups is 1. The van der Waals surface area contributed by atoms with Crippen molar-refractivity contribution in [3.63, 3.8) is 0 Å². The van der Waals surface area contributed by atoms with Gasteiger partial charge in [0.15, 0.2) is 0 Å². The van der Waals surface area contributed by atoms with E-state index in [0.717, 1.165) is 31.5 Å². The molecule has 1 amide bonds. The fourth-order valence-corrected chi connectivity index (χ4v) is 2.72. The predicted molar refractivity (Wildman–Crippen MR) is 85.9 cm³/mol. The molecule has 0 saturated carbocycles.